The molecule has 130 valence electrons. The van der Waals surface area contributed by atoms with Crippen LogP contribution in [0.4, 0.5) is 10.1 Å². The molecule has 2 heterocycles. The zero-order valence-corrected chi connectivity index (χ0v) is 14.0. The number of carbonyl (C=O) groups is 1. The lowest BCUT2D eigenvalue weighted by atomic mass is 10.1. The summed E-state index contributed by atoms with van der Waals surface area (Å²) in [6.45, 7) is 0. The fraction of sp³-hybridized carbons (Fsp3) is 0.190. The summed E-state index contributed by atoms with van der Waals surface area (Å²) in [5.41, 5.74) is 1.89. The Labute approximate surface area is 150 Å². The van der Waals surface area contributed by atoms with E-state index in [0.29, 0.717) is 22.6 Å². The van der Waals surface area contributed by atoms with Crippen LogP contribution in [0.3, 0.4) is 0 Å². The summed E-state index contributed by atoms with van der Waals surface area (Å²) in [5.74, 6) is 0.751. The lowest BCUT2D eigenvalue weighted by Crippen LogP contribution is -2.44. The van der Waals surface area contributed by atoms with Crippen LogP contribution >= 0.6 is 0 Å². The van der Waals surface area contributed by atoms with E-state index in [9.17, 15) is 9.18 Å². The van der Waals surface area contributed by atoms with E-state index in [-0.39, 0.29) is 23.9 Å². The summed E-state index contributed by atoms with van der Waals surface area (Å²) < 4.78 is 20.0. The van der Waals surface area contributed by atoms with Crippen molar-refractivity contribution in [3.05, 3.63) is 77.8 Å². The molecule has 5 heteroatoms. The van der Waals surface area contributed by atoms with Crippen LogP contribution in [0, 0.1) is 5.82 Å². The third kappa shape index (κ3) is 2.39. The number of hydrogen-bond acceptors (Lipinski definition) is 3. The zero-order chi connectivity index (χ0) is 17.7. The van der Waals surface area contributed by atoms with Crippen molar-refractivity contribution in [1.29, 1.82) is 0 Å². The van der Waals surface area contributed by atoms with Gasteiger partial charge in [-0.1, -0.05) is 24.3 Å². The van der Waals surface area contributed by atoms with Gasteiger partial charge in [0, 0.05) is 11.7 Å². The van der Waals surface area contributed by atoms with Gasteiger partial charge in [-0.3, -0.25) is 4.79 Å². The smallest absolute Gasteiger partial charge is 0.258 e. The predicted molar refractivity (Wildman–Crippen MR) is 96.1 cm³/mol. The summed E-state index contributed by atoms with van der Waals surface area (Å²) in [6, 6.07) is 17.8. The Morgan fingerprint density at radius 1 is 0.962 bits per heavy atom. The van der Waals surface area contributed by atoms with Crippen LogP contribution in [0.1, 0.15) is 35.1 Å². The number of amides is 1. The molecule has 26 heavy (non-hydrogen) atoms. The molecule has 5 rings (SSSR count). The largest absolute Gasteiger partial charge is 0.457 e. The Morgan fingerprint density at radius 2 is 1.69 bits per heavy atom. The van der Waals surface area contributed by atoms with Gasteiger partial charge < -0.3 is 14.6 Å². The van der Waals surface area contributed by atoms with Gasteiger partial charge in [-0.15, -0.1) is 0 Å². The molecule has 0 spiro atoms. The highest BCUT2D eigenvalue weighted by atomic mass is 19.1. The number of nitrogens with one attached hydrogen (secondary N) is 1. The van der Waals surface area contributed by atoms with E-state index in [4.69, 9.17) is 4.42 Å². The van der Waals surface area contributed by atoms with Crippen molar-refractivity contribution >= 4 is 11.6 Å². The van der Waals surface area contributed by atoms with E-state index in [0.717, 1.165) is 18.5 Å². The number of para-hydroxylation sites is 1. The first-order valence-electron chi connectivity index (χ1n) is 8.75. The highest BCUT2D eigenvalue weighted by Gasteiger charge is 2.43. The number of hydrogen-bond donors (Lipinski definition) is 1. The molecule has 4 nitrogen and oxygen atoms in total. The molecule has 1 saturated carbocycles. The van der Waals surface area contributed by atoms with Crippen LogP contribution in [0.25, 0.3) is 11.3 Å². The van der Waals surface area contributed by atoms with E-state index in [1.807, 2.05) is 35.2 Å². The third-order valence-electron chi connectivity index (χ3n) is 4.94. The van der Waals surface area contributed by atoms with Crippen LogP contribution in [0.2, 0.25) is 0 Å². The number of halogens is 1. The molecule has 2 aliphatic rings. The standard InChI is InChI=1S/C21H17FN2O2/c22-16-7-3-1-5-14(16)18-11-12-19(26-18)20-23-17-8-4-2-6-15(17)21(25)24(20)13-9-10-13/h1-8,11-13,20,23H,9-10H2/t20-/m0/s1. The van der Waals surface area contributed by atoms with Gasteiger partial charge in [0.1, 0.15) is 17.3 Å². The monoisotopic (exact) mass is 348 g/mol. The van der Waals surface area contributed by atoms with Gasteiger partial charge in [0.05, 0.1) is 11.1 Å². The number of anilines is 1. The first kappa shape index (κ1) is 15.2. The molecule has 1 N–H and O–H groups in total. The second-order valence-corrected chi connectivity index (χ2v) is 6.72. The maximum atomic E-state index is 14.1. The first-order valence-corrected chi connectivity index (χ1v) is 8.75. The zero-order valence-electron chi connectivity index (χ0n) is 14.0. The van der Waals surface area contributed by atoms with Crippen LogP contribution in [0.15, 0.2) is 65.1 Å². The van der Waals surface area contributed by atoms with Gasteiger partial charge in [0.15, 0.2) is 6.17 Å². The van der Waals surface area contributed by atoms with Crippen LogP contribution in [-0.4, -0.2) is 16.8 Å². The Morgan fingerprint density at radius 3 is 2.46 bits per heavy atom. The van der Waals surface area contributed by atoms with Gasteiger partial charge in [-0.2, -0.15) is 0 Å². The first-order chi connectivity index (χ1) is 12.7. The second-order valence-electron chi connectivity index (χ2n) is 6.72. The Bertz CT molecular complexity index is 993. The fourth-order valence-corrected chi connectivity index (χ4v) is 3.51. The highest BCUT2D eigenvalue weighted by molar-refractivity contribution is 6.02. The van der Waals surface area contributed by atoms with Crippen LogP contribution in [0.5, 0.6) is 0 Å². The number of rotatable bonds is 3. The Balaban J connectivity index is 1.55. The van der Waals surface area contributed by atoms with Crippen LogP contribution in [-0.2, 0) is 0 Å². The Kier molecular flexibility index (Phi) is 3.35. The fourth-order valence-electron chi connectivity index (χ4n) is 3.51. The maximum absolute atomic E-state index is 14.1. The van der Waals surface area contributed by atoms with Gasteiger partial charge in [0.25, 0.3) is 5.91 Å². The normalized spacial score (nSPS) is 19.2. The molecule has 0 bridgehead atoms. The summed E-state index contributed by atoms with van der Waals surface area (Å²) in [5, 5.41) is 3.41. The van der Waals surface area contributed by atoms with Crippen molar-refractivity contribution in [3.63, 3.8) is 0 Å². The number of benzene rings is 2. The average Bonchev–Trinajstić information content (AvgIpc) is 3.38. The molecule has 0 unspecified atom stereocenters. The molecule has 3 aromatic rings. The minimum atomic E-state index is -0.384. The molecule has 1 aliphatic carbocycles. The molecule has 1 atom stereocenters. The molecule has 0 saturated heterocycles. The van der Waals surface area contributed by atoms with Crippen molar-refractivity contribution in [2.75, 3.05) is 5.32 Å². The number of carbonyl (C=O) groups excluding carboxylic acids is 1. The quantitative estimate of drug-likeness (QED) is 0.738. The molecule has 1 fully saturated rings. The number of nitrogens with zero attached hydrogens (tertiary/aromatic N) is 1. The van der Waals surface area contributed by atoms with Gasteiger partial charge in [-0.05, 0) is 49.2 Å². The number of fused-ring (bicyclic) bond motifs is 1. The minimum Gasteiger partial charge on any atom is -0.457 e. The molecule has 1 amide bonds. The van der Waals surface area contributed by atoms with E-state index < -0.39 is 0 Å². The average molecular weight is 348 g/mol. The number of furan rings is 1. The van der Waals surface area contributed by atoms with Crippen molar-refractivity contribution in [3.8, 4) is 11.3 Å². The molecular weight excluding hydrogens is 331 g/mol. The van der Waals surface area contributed by atoms with Crippen LogP contribution < -0.4 is 5.32 Å². The molecule has 1 aromatic heterocycles. The van der Waals surface area contributed by atoms with Crippen molar-refractivity contribution < 1.29 is 13.6 Å². The van der Waals surface area contributed by atoms with Crippen molar-refractivity contribution in [2.24, 2.45) is 0 Å². The lowest BCUT2D eigenvalue weighted by Gasteiger charge is -2.37. The second kappa shape index (κ2) is 5.73. The topological polar surface area (TPSA) is 45.5 Å². The summed E-state index contributed by atoms with van der Waals surface area (Å²) in [6.07, 6.45) is 1.60. The van der Waals surface area contributed by atoms with Gasteiger partial charge >= 0.3 is 0 Å². The van der Waals surface area contributed by atoms with E-state index in [1.54, 1.807) is 24.3 Å². The van der Waals surface area contributed by atoms with E-state index in [1.165, 1.54) is 6.07 Å². The minimum absolute atomic E-state index is 0.00990. The lowest BCUT2D eigenvalue weighted by molar-refractivity contribution is 0.0646. The van der Waals surface area contributed by atoms with Gasteiger partial charge in [0.2, 0.25) is 0 Å². The molecule has 0 radical (unpaired) electrons. The SMILES string of the molecule is O=C1c2ccccc2N[C@H](c2ccc(-c3ccccc3F)o2)N1C1CC1. The molecule has 1 aliphatic heterocycles. The van der Waals surface area contributed by atoms with Crippen molar-refractivity contribution in [1.82, 2.24) is 4.90 Å². The highest BCUT2D eigenvalue weighted by Crippen LogP contribution is 2.41. The van der Waals surface area contributed by atoms with Crippen molar-refractivity contribution in [2.45, 2.75) is 25.0 Å². The summed E-state index contributed by atoms with van der Waals surface area (Å²) in [7, 11) is 0. The summed E-state index contributed by atoms with van der Waals surface area (Å²) in [4.78, 5) is 14.9. The summed E-state index contributed by atoms with van der Waals surface area (Å²) >= 11 is 0. The maximum Gasteiger partial charge on any atom is 0.258 e. The molecule has 2 aromatic carbocycles. The third-order valence-corrected chi connectivity index (χ3v) is 4.94. The van der Waals surface area contributed by atoms with E-state index in [2.05, 4.69) is 5.32 Å². The van der Waals surface area contributed by atoms with Gasteiger partial charge in [-0.25, -0.2) is 4.39 Å². The molecular formula is C21H17FN2O2. The van der Waals surface area contributed by atoms with E-state index >= 15 is 0 Å². The Hall–Kier alpha value is -3.08. The predicted octanol–water partition coefficient (Wildman–Crippen LogP) is 4.81.